The lowest BCUT2D eigenvalue weighted by molar-refractivity contribution is -0.142. The van der Waals surface area contributed by atoms with E-state index in [1.807, 2.05) is 6.92 Å². The molecule has 6 heteroatoms. The van der Waals surface area contributed by atoms with Crippen molar-refractivity contribution in [2.75, 3.05) is 13.1 Å². The molecule has 0 amide bonds. The molecule has 19 heavy (non-hydrogen) atoms. The van der Waals surface area contributed by atoms with Crippen LogP contribution in [0, 0.1) is 24.7 Å². The van der Waals surface area contributed by atoms with E-state index in [1.54, 1.807) is 0 Å². The van der Waals surface area contributed by atoms with Crippen molar-refractivity contribution in [3.05, 3.63) is 16.4 Å². The lowest BCUT2D eigenvalue weighted by Gasteiger charge is -2.14. The van der Waals surface area contributed by atoms with Gasteiger partial charge in [0, 0.05) is 19.6 Å². The van der Waals surface area contributed by atoms with Crippen molar-refractivity contribution in [3.8, 4) is 0 Å². The van der Waals surface area contributed by atoms with Gasteiger partial charge in [0.25, 0.3) is 0 Å². The van der Waals surface area contributed by atoms with Crippen molar-refractivity contribution in [3.63, 3.8) is 0 Å². The van der Waals surface area contributed by atoms with E-state index in [0.29, 0.717) is 29.9 Å². The highest BCUT2D eigenvalue weighted by Crippen LogP contribution is 2.44. The van der Waals surface area contributed by atoms with Crippen molar-refractivity contribution in [1.29, 1.82) is 0 Å². The summed E-state index contributed by atoms with van der Waals surface area (Å²) < 4.78 is 0. The van der Waals surface area contributed by atoms with Gasteiger partial charge in [0.05, 0.1) is 22.3 Å². The Kier molecular flexibility index (Phi) is 3.27. The van der Waals surface area contributed by atoms with Gasteiger partial charge in [0.2, 0.25) is 0 Å². The van der Waals surface area contributed by atoms with E-state index in [1.165, 1.54) is 12.8 Å². The van der Waals surface area contributed by atoms with Gasteiger partial charge in [-0.25, -0.2) is 0 Å². The molecular weight excluding hydrogens is 266 g/mol. The van der Waals surface area contributed by atoms with Gasteiger partial charge in [0.15, 0.2) is 0 Å². The van der Waals surface area contributed by atoms with E-state index in [-0.39, 0.29) is 5.92 Å². The minimum atomic E-state index is -0.663. The van der Waals surface area contributed by atoms with Crippen LogP contribution in [0.1, 0.15) is 24.2 Å². The number of aromatic amines is 1. The molecule has 1 aromatic rings. The summed E-state index contributed by atoms with van der Waals surface area (Å²) in [6.07, 6.45) is 2.37. The van der Waals surface area contributed by atoms with Crippen LogP contribution in [0.5, 0.6) is 0 Å². The number of likely N-dealkylation sites (tertiary alicyclic amines) is 1. The summed E-state index contributed by atoms with van der Waals surface area (Å²) in [5.74, 6) is 0.0221. The number of nitrogens with zero attached hydrogens (tertiary/aromatic N) is 2. The fourth-order valence-corrected chi connectivity index (χ4v) is 3.23. The number of H-pyrrole nitrogens is 1. The predicted octanol–water partition coefficient (Wildman–Crippen LogP) is 1.91. The topological polar surface area (TPSA) is 69.2 Å². The van der Waals surface area contributed by atoms with Gasteiger partial charge in [-0.15, -0.1) is 0 Å². The number of rotatable bonds is 4. The Morgan fingerprint density at radius 2 is 2.26 bits per heavy atom. The zero-order valence-electron chi connectivity index (χ0n) is 10.9. The normalized spacial score (nSPS) is 27.9. The molecule has 2 fully saturated rings. The van der Waals surface area contributed by atoms with Crippen LogP contribution in [0.15, 0.2) is 0 Å². The molecule has 2 aliphatic rings. The first kappa shape index (κ1) is 12.9. The third kappa shape index (κ3) is 2.49. The molecule has 2 heterocycles. The minimum Gasteiger partial charge on any atom is -0.481 e. The standard InChI is InChI=1S/C13H18ClN3O2/c1-7-12(14)11(16-15-7)6-17-4-9(8-2-3-8)10(5-17)13(18)19/h8-10H,2-6H2,1H3,(H,15,16)(H,18,19)/t9-,10+/m1/s1. The molecule has 0 unspecified atom stereocenters. The van der Waals surface area contributed by atoms with E-state index in [2.05, 4.69) is 15.1 Å². The molecule has 2 N–H and O–H groups in total. The number of aromatic nitrogens is 2. The molecule has 1 aromatic heterocycles. The molecule has 0 spiro atoms. The van der Waals surface area contributed by atoms with Crippen LogP contribution >= 0.6 is 11.6 Å². The van der Waals surface area contributed by atoms with Crippen molar-refractivity contribution >= 4 is 17.6 Å². The number of hydrogen-bond donors (Lipinski definition) is 2. The van der Waals surface area contributed by atoms with Crippen LogP contribution in [0.4, 0.5) is 0 Å². The fourth-order valence-electron chi connectivity index (χ4n) is 3.09. The number of carboxylic acids is 1. The number of aliphatic carboxylic acids is 1. The van der Waals surface area contributed by atoms with Crippen LogP contribution in [0.2, 0.25) is 5.02 Å². The third-order valence-electron chi connectivity index (χ3n) is 4.30. The number of carbonyl (C=O) groups is 1. The van der Waals surface area contributed by atoms with Gasteiger partial charge in [-0.05, 0) is 31.6 Å². The number of carboxylic acid groups (broad SMARTS) is 1. The van der Waals surface area contributed by atoms with Gasteiger partial charge in [0.1, 0.15) is 0 Å². The van der Waals surface area contributed by atoms with Crippen LogP contribution in [0.25, 0.3) is 0 Å². The maximum atomic E-state index is 11.3. The summed E-state index contributed by atoms with van der Waals surface area (Å²) in [4.78, 5) is 13.5. The van der Waals surface area contributed by atoms with Gasteiger partial charge in [-0.1, -0.05) is 11.6 Å². The fraction of sp³-hybridized carbons (Fsp3) is 0.692. The second kappa shape index (κ2) is 4.80. The molecular formula is C13H18ClN3O2. The third-order valence-corrected chi connectivity index (χ3v) is 4.80. The average molecular weight is 284 g/mol. The zero-order valence-corrected chi connectivity index (χ0v) is 11.7. The van der Waals surface area contributed by atoms with Gasteiger partial charge in [-0.3, -0.25) is 14.8 Å². The minimum absolute atomic E-state index is 0.230. The van der Waals surface area contributed by atoms with Crippen molar-refractivity contribution in [2.24, 2.45) is 17.8 Å². The van der Waals surface area contributed by atoms with E-state index < -0.39 is 5.97 Å². The highest BCUT2D eigenvalue weighted by molar-refractivity contribution is 6.31. The van der Waals surface area contributed by atoms with E-state index in [4.69, 9.17) is 11.6 Å². The van der Waals surface area contributed by atoms with E-state index in [0.717, 1.165) is 17.9 Å². The molecule has 0 bridgehead atoms. The second-order valence-corrected chi connectivity index (χ2v) is 6.13. The van der Waals surface area contributed by atoms with Crippen molar-refractivity contribution in [1.82, 2.24) is 15.1 Å². The monoisotopic (exact) mass is 283 g/mol. The summed E-state index contributed by atoms with van der Waals surface area (Å²) in [6, 6.07) is 0. The molecule has 5 nitrogen and oxygen atoms in total. The first-order valence-electron chi connectivity index (χ1n) is 6.70. The molecule has 1 aliphatic heterocycles. The Hall–Kier alpha value is -1.07. The second-order valence-electron chi connectivity index (χ2n) is 5.75. The molecule has 3 rings (SSSR count). The number of nitrogens with one attached hydrogen (secondary N) is 1. The number of aryl methyl sites for hydroxylation is 1. The summed E-state index contributed by atoms with van der Waals surface area (Å²) in [5, 5.41) is 17.1. The van der Waals surface area contributed by atoms with Gasteiger partial charge < -0.3 is 5.11 Å². The van der Waals surface area contributed by atoms with E-state index >= 15 is 0 Å². The van der Waals surface area contributed by atoms with Crippen LogP contribution in [-0.2, 0) is 11.3 Å². The number of hydrogen-bond acceptors (Lipinski definition) is 3. The Bertz CT molecular complexity index is 498. The lowest BCUT2D eigenvalue weighted by atomic mass is 9.92. The summed E-state index contributed by atoms with van der Waals surface area (Å²) in [5.41, 5.74) is 1.68. The Balaban J connectivity index is 1.69. The Labute approximate surface area is 116 Å². The Morgan fingerprint density at radius 1 is 1.53 bits per heavy atom. The smallest absolute Gasteiger partial charge is 0.308 e. The molecule has 1 saturated heterocycles. The molecule has 1 saturated carbocycles. The average Bonchev–Trinajstić information content (AvgIpc) is 3.06. The van der Waals surface area contributed by atoms with Crippen LogP contribution < -0.4 is 0 Å². The summed E-state index contributed by atoms with van der Waals surface area (Å²) in [7, 11) is 0. The molecule has 0 aromatic carbocycles. The molecule has 104 valence electrons. The van der Waals surface area contributed by atoms with Crippen LogP contribution in [-0.4, -0.2) is 39.3 Å². The predicted molar refractivity (Wildman–Crippen MR) is 71.0 cm³/mol. The van der Waals surface area contributed by atoms with Crippen LogP contribution in [0.3, 0.4) is 0 Å². The largest absolute Gasteiger partial charge is 0.481 e. The zero-order chi connectivity index (χ0) is 13.6. The van der Waals surface area contributed by atoms with Crippen molar-refractivity contribution in [2.45, 2.75) is 26.3 Å². The van der Waals surface area contributed by atoms with Gasteiger partial charge in [-0.2, -0.15) is 5.10 Å². The first-order chi connectivity index (χ1) is 9.06. The highest BCUT2D eigenvalue weighted by Gasteiger charge is 2.45. The molecule has 0 radical (unpaired) electrons. The number of halogens is 1. The highest BCUT2D eigenvalue weighted by atomic mass is 35.5. The SMILES string of the molecule is Cc1[nH]nc(CN2C[C@H](C(=O)O)[C@@H](C3CC3)C2)c1Cl. The quantitative estimate of drug-likeness (QED) is 0.886. The molecule has 2 atom stereocenters. The Morgan fingerprint density at radius 3 is 2.79 bits per heavy atom. The van der Waals surface area contributed by atoms with Gasteiger partial charge >= 0.3 is 5.97 Å². The maximum absolute atomic E-state index is 11.3. The maximum Gasteiger partial charge on any atom is 0.308 e. The lowest BCUT2D eigenvalue weighted by Crippen LogP contribution is -2.24. The molecule has 1 aliphatic carbocycles. The summed E-state index contributed by atoms with van der Waals surface area (Å²) >= 11 is 6.16. The first-order valence-corrected chi connectivity index (χ1v) is 7.08. The van der Waals surface area contributed by atoms with Crippen molar-refractivity contribution < 1.29 is 9.90 Å². The summed E-state index contributed by atoms with van der Waals surface area (Å²) in [6.45, 7) is 3.98. The van der Waals surface area contributed by atoms with E-state index in [9.17, 15) is 9.90 Å².